The zero-order valence-electron chi connectivity index (χ0n) is 18.2. The van der Waals surface area contributed by atoms with E-state index >= 15 is 0 Å². The molecule has 0 spiro atoms. The van der Waals surface area contributed by atoms with Crippen LogP contribution in [0.5, 0.6) is 0 Å². The van der Waals surface area contributed by atoms with Gasteiger partial charge < -0.3 is 10.2 Å². The van der Waals surface area contributed by atoms with Crippen molar-refractivity contribution in [1.29, 1.82) is 0 Å². The number of anilines is 1. The maximum absolute atomic E-state index is 13.0. The van der Waals surface area contributed by atoms with Gasteiger partial charge in [0.25, 0.3) is 17.7 Å². The van der Waals surface area contributed by atoms with Crippen LogP contribution in [0.25, 0.3) is 6.08 Å². The summed E-state index contributed by atoms with van der Waals surface area (Å²) in [5, 5.41) is 6.76. The molecule has 0 fully saturated rings. The van der Waals surface area contributed by atoms with Crippen molar-refractivity contribution < 1.29 is 14.4 Å². The van der Waals surface area contributed by atoms with Gasteiger partial charge in [0, 0.05) is 18.2 Å². The molecule has 3 aromatic carbocycles. The number of hydrazone groups is 1. The topological polar surface area (TPSA) is 90.9 Å². The van der Waals surface area contributed by atoms with E-state index in [4.69, 9.17) is 0 Å². The molecule has 2 N–H and O–H groups in total. The fourth-order valence-corrected chi connectivity index (χ4v) is 3.45. The average Bonchev–Trinajstić information content (AvgIpc) is 3.07. The standard InChI is InChI=1S/C26H22N4O3/c1-17-13-14-22-20(15-17)23(26(33)30(22)2)28-29-25(32)21(16-18-9-5-3-6-10-18)27-24(31)19-11-7-4-8-12-19/h3-16H,1-2H3,(H,27,31)(H,29,32)/b21-16+,28-23-. The molecule has 1 heterocycles. The van der Waals surface area contributed by atoms with Gasteiger partial charge in [-0.25, -0.2) is 5.43 Å². The predicted molar refractivity (Wildman–Crippen MR) is 128 cm³/mol. The molecule has 164 valence electrons. The van der Waals surface area contributed by atoms with Gasteiger partial charge >= 0.3 is 0 Å². The Morgan fingerprint density at radius 2 is 1.61 bits per heavy atom. The Balaban J connectivity index is 1.62. The highest BCUT2D eigenvalue weighted by Gasteiger charge is 2.32. The van der Waals surface area contributed by atoms with Crippen LogP contribution >= 0.6 is 0 Å². The van der Waals surface area contributed by atoms with Gasteiger partial charge in [-0.3, -0.25) is 14.4 Å². The van der Waals surface area contributed by atoms with E-state index in [0.717, 1.165) is 16.8 Å². The molecule has 0 aliphatic carbocycles. The molecule has 3 aromatic rings. The first kappa shape index (κ1) is 21.7. The monoisotopic (exact) mass is 438 g/mol. The predicted octanol–water partition coefficient (Wildman–Crippen LogP) is 3.26. The van der Waals surface area contributed by atoms with Gasteiger partial charge in [-0.1, -0.05) is 60.2 Å². The minimum atomic E-state index is -0.646. The third-order valence-corrected chi connectivity index (χ3v) is 5.18. The van der Waals surface area contributed by atoms with E-state index in [-0.39, 0.29) is 17.3 Å². The molecular weight excluding hydrogens is 416 g/mol. The molecule has 7 heteroatoms. The van der Waals surface area contributed by atoms with Gasteiger partial charge in [0.05, 0.1) is 5.69 Å². The summed E-state index contributed by atoms with van der Waals surface area (Å²) in [5.41, 5.74) is 6.03. The Bertz CT molecular complexity index is 1280. The van der Waals surface area contributed by atoms with Crippen LogP contribution in [0.3, 0.4) is 0 Å². The first-order valence-electron chi connectivity index (χ1n) is 10.3. The molecule has 0 atom stereocenters. The minimum absolute atomic E-state index is 0.00247. The summed E-state index contributed by atoms with van der Waals surface area (Å²) in [6.45, 7) is 1.92. The fraction of sp³-hybridized carbons (Fsp3) is 0.0769. The van der Waals surface area contributed by atoms with Crippen molar-refractivity contribution in [2.75, 3.05) is 11.9 Å². The van der Waals surface area contributed by atoms with Crippen molar-refractivity contribution in [3.8, 4) is 0 Å². The number of carbonyl (C=O) groups excluding carboxylic acids is 3. The van der Waals surface area contributed by atoms with E-state index in [1.165, 1.54) is 4.90 Å². The molecule has 3 amide bonds. The molecule has 0 saturated carbocycles. The largest absolute Gasteiger partial charge is 0.317 e. The SMILES string of the molecule is Cc1ccc2c(c1)/C(=N/NC(=O)/C(=C\c1ccccc1)NC(=O)c1ccccc1)C(=O)N2C. The van der Waals surface area contributed by atoms with Crippen molar-refractivity contribution in [2.45, 2.75) is 6.92 Å². The average molecular weight is 438 g/mol. The Morgan fingerprint density at radius 3 is 2.30 bits per heavy atom. The van der Waals surface area contributed by atoms with E-state index in [9.17, 15) is 14.4 Å². The molecule has 1 aliphatic rings. The van der Waals surface area contributed by atoms with E-state index in [1.807, 2.05) is 55.5 Å². The summed E-state index contributed by atoms with van der Waals surface area (Å²) >= 11 is 0. The third-order valence-electron chi connectivity index (χ3n) is 5.18. The maximum atomic E-state index is 13.0. The lowest BCUT2D eigenvalue weighted by Gasteiger charge is -2.10. The third kappa shape index (κ3) is 4.72. The molecule has 0 bridgehead atoms. The van der Waals surface area contributed by atoms with Crippen LogP contribution in [0.15, 0.2) is 89.7 Å². The van der Waals surface area contributed by atoms with Crippen LogP contribution in [0.2, 0.25) is 0 Å². The first-order valence-corrected chi connectivity index (χ1v) is 10.3. The summed E-state index contributed by atoms with van der Waals surface area (Å²) in [5.74, 6) is -1.40. The number of nitrogens with one attached hydrogen (secondary N) is 2. The number of benzene rings is 3. The first-order chi connectivity index (χ1) is 15.9. The molecule has 4 rings (SSSR count). The number of aryl methyl sites for hydroxylation is 1. The number of hydrogen-bond acceptors (Lipinski definition) is 4. The van der Waals surface area contributed by atoms with E-state index < -0.39 is 11.8 Å². The number of hydrogen-bond donors (Lipinski definition) is 2. The lowest BCUT2D eigenvalue weighted by Crippen LogP contribution is -2.34. The number of rotatable bonds is 5. The van der Waals surface area contributed by atoms with E-state index in [1.54, 1.807) is 43.5 Å². The second kappa shape index (κ2) is 9.32. The highest BCUT2D eigenvalue weighted by molar-refractivity contribution is 6.54. The van der Waals surface area contributed by atoms with E-state index in [2.05, 4.69) is 15.8 Å². The Hall–Kier alpha value is -4.52. The maximum Gasteiger partial charge on any atom is 0.287 e. The number of carbonyl (C=O) groups is 3. The number of amides is 3. The molecule has 0 unspecified atom stereocenters. The Morgan fingerprint density at radius 1 is 0.939 bits per heavy atom. The van der Waals surface area contributed by atoms with Gasteiger partial charge in [-0.15, -0.1) is 0 Å². The summed E-state index contributed by atoms with van der Waals surface area (Å²) in [6.07, 6.45) is 1.55. The van der Waals surface area contributed by atoms with Crippen LogP contribution < -0.4 is 15.6 Å². The van der Waals surface area contributed by atoms with Crippen LogP contribution in [-0.4, -0.2) is 30.5 Å². The second-order valence-corrected chi connectivity index (χ2v) is 7.57. The molecule has 1 aliphatic heterocycles. The van der Waals surface area contributed by atoms with Crippen LogP contribution in [0, 0.1) is 6.92 Å². The molecule has 0 aromatic heterocycles. The Labute approximate surface area is 191 Å². The number of nitrogens with zero attached hydrogens (tertiary/aromatic N) is 2. The molecule has 0 radical (unpaired) electrons. The Kier molecular flexibility index (Phi) is 6.13. The molecular formula is C26H22N4O3. The molecule has 7 nitrogen and oxygen atoms in total. The van der Waals surface area contributed by atoms with Gasteiger partial charge in [-0.2, -0.15) is 5.10 Å². The quantitative estimate of drug-likeness (QED) is 0.473. The fourth-order valence-electron chi connectivity index (χ4n) is 3.45. The summed E-state index contributed by atoms with van der Waals surface area (Å²) in [6, 6.07) is 23.3. The molecule has 33 heavy (non-hydrogen) atoms. The minimum Gasteiger partial charge on any atom is -0.317 e. The summed E-state index contributed by atoms with van der Waals surface area (Å²) < 4.78 is 0. The van der Waals surface area contributed by atoms with Gasteiger partial charge in [0.15, 0.2) is 5.71 Å². The highest BCUT2D eigenvalue weighted by atomic mass is 16.2. The summed E-state index contributed by atoms with van der Waals surface area (Å²) in [4.78, 5) is 39.8. The molecule has 0 saturated heterocycles. The van der Waals surface area contributed by atoms with Gasteiger partial charge in [-0.05, 0) is 42.8 Å². The smallest absolute Gasteiger partial charge is 0.287 e. The van der Waals surface area contributed by atoms with Gasteiger partial charge in [0.2, 0.25) is 0 Å². The summed E-state index contributed by atoms with van der Waals surface area (Å²) in [7, 11) is 1.65. The van der Waals surface area contributed by atoms with Crippen molar-refractivity contribution in [3.05, 3.63) is 107 Å². The van der Waals surface area contributed by atoms with Crippen molar-refractivity contribution >= 4 is 35.2 Å². The van der Waals surface area contributed by atoms with Gasteiger partial charge in [0.1, 0.15) is 5.70 Å². The zero-order chi connectivity index (χ0) is 23.4. The van der Waals surface area contributed by atoms with Crippen molar-refractivity contribution in [2.24, 2.45) is 5.10 Å². The van der Waals surface area contributed by atoms with Crippen LogP contribution in [-0.2, 0) is 9.59 Å². The zero-order valence-corrected chi connectivity index (χ0v) is 18.2. The van der Waals surface area contributed by atoms with Crippen molar-refractivity contribution in [1.82, 2.24) is 10.7 Å². The lowest BCUT2D eigenvalue weighted by molar-refractivity contribution is -0.117. The normalized spacial score (nSPS) is 14.2. The lowest BCUT2D eigenvalue weighted by atomic mass is 10.1. The van der Waals surface area contributed by atoms with Crippen LogP contribution in [0.1, 0.15) is 27.0 Å². The number of fused-ring (bicyclic) bond motifs is 1. The van der Waals surface area contributed by atoms with Crippen molar-refractivity contribution in [3.63, 3.8) is 0 Å². The van der Waals surface area contributed by atoms with Crippen LogP contribution in [0.4, 0.5) is 5.69 Å². The number of likely N-dealkylation sites (N-methyl/N-ethyl adjacent to an activating group) is 1. The van der Waals surface area contributed by atoms with E-state index in [0.29, 0.717) is 11.1 Å². The highest BCUT2D eigenvalue weighted by Crippen LogP contribution is 2.28. The second-order valence-electron chi connectivity index (χ2n) is 7.57.